The zero-order chi connectivity index (χ0) is 21.6. The molecule has 1 fully saturated rings. The minimum Gasteiger partial charge on any atom is -0.394 e. The Morgan fingerprint density at radius 1 is 1.23 bits per heavy atom. The van der Waals surface area contributed by atoms with Gasteiger partial charge in [-0.3, -0.25) is 0 Å². The summed E-state index contributed by atoms with van der Waals surface area (Å²) in [5.74, 6) is 0.903. The zero-order valence-electron chi connectivity index (χ0n) is 16.9. The molecule has 2 N–H and O–H groups in total. The van der Waals surface area contributed by atoms with Gasteiger partial charge < -0.3 is 15.3 Å². The van der Waals surface area contributed by atoms with Gasteiger partial charge in [-0.2, -0.15) is 4.91 Å². The van der Waals surface area contributed by atoms with E-state index in [9.17, 15) is 9.30 Å². The van der Waals surface area contributed by atoms with Gasteiger partial charge in [-0.15, -0.1) is 0 Å². The lowest BCUT2D eigenvalue weighted by molar-refractivity contribution is 0.171. The number of aromatic nitrogens is 2. The maximum Gasteiger partial charge on any atom is 0.188 e. The van der Waals surface area contributed by atoms with Gasteiger partial charge in [-0.25, -0.2) is 14.4 Å². The molecule has 0 amide bonds. The summed E-state index contributed by atoms with van der Waals surface area (Å²) in [6.07, 6.45) is 5.53. The molecule has 0 spiro atoms. The summed E-state index contributed by atoms with van der Waals surface area (Å²) in [7, 11) is 0. The number of hydrogen-bond acceptors (Lipinski definition) is 8. The number of benzene rings is 1. The number of rotatable bonds is 8. The van der Waals surface area contributed by atoms with Crippen LogP contribution in [0, 0.1) is 10.7 Å². The molecule has 9 heteroatoms. The van der Waals surface area contributed by atoms with Gasteiger partial charge in [0.1, 0.15) is 17.7 Å². The van der Waals surface area contributed by atoms with Crippen molar-refractivity contribution in [2.24, 2.45) is 5.18 Å². The van der Waals surface area contributed by atoms with Crippen molar-refractivity contribution in [2.45, 2.75) is 24.8 Å². The molecule has 7 nitrogen and oxygen atoms in total. The Kier molecular flexibility index (Phi) is 6.96. The summed E-state index contributed by atoms with van der Waals surface area (Å²) in [4.78, 5) is 22.7. The first kappa shape index (κ1) is 21.5. The number of nitrogens with one attached hydrogen (secondary N) is 1. The van der Waals surface area contributed by atoms with E-state index in [-0.39, 0.29) is 12.4 Å². The van der Waals surface area contributed by atoms with Crippen LogP contribution in [0.4, 0.5) is 15.3 Å². The topological polar surface area (TPSA) is 90.7 Å². The van der Waals surface area contributed by atoms with Gasteiger partial charge in [-0.05, 0) is 67.2 Å². The van der Waals surface area contributed by atoms with Crippen LogP contribution < -0.4 is 5.32 Å². The fourth-order valence-corrected chi connectivity index (χ4v) is 4.66. The second-order valence-corrected chi connectivity index (χ2v) is 8.68. The van der Waals surface area contributed by atoms with Crippen molar-refractivity contribution < 1.29 is 9.50 Å². The Balaban J connectivity index is 1.37. The van der Waals surface area contributed by atoms with E-state index in [1.54, 1.807) is 24.5 Å². The molecule has 0 radical (unpaired) electrons. The van der Waals surface area contributed by atoms with Crippen molar-refractivity contribution in [3.05, 3.63) is 65.1 Å². The van der Waals surface area contributed by atoms with Crippen LogP contribution in [0.3, 0.4) is 0 Å². The van der Waals surface area contributed by atoms with E-state index in [0.29, 0.717) is 12.5 Å². The monoisotopic (exact) mass is 441 g/mol. The van der Waals surface area contributed by atoms with Gasteiger partial charge in [-0.1, -0.05) is 28.6 Å². The van der Waals surface area contributed by atoms with Crippen LogP contribution >= 0.6 is 11.3 Å². The number of hydrogen-bond donors (Lipinski definition) is 2. The smallest absolute Gasteiger partial charge is 0.188 e. The molecule has 1 aliphatic rings. The first-order chi connectivity index (χ1) is 15.1. The molecule has 1 atom stereocenters. The fourth-order valence-electron chi connectivity index (χ4n) is 3.83. The highest BCUT2D eigenvalue weighted by molar-refractivity contribution is 7.18. The number of piperidine rings is 1. The highest BCUT2D eigenvalue weighted by Crippen LogP contribution is 2.32. The lowest BCUT2D eigenvalue weighted by Crippen LogP contribution is -2.38. The maximum absolute atomic E-state index is 13.1. The van der Waals surface area contributed by atoms with Crippen molar-refractivity contribution in [1.82, 2.24) is 14.9 Å². The van der Waals surface area contributed by atoms with Gasteiger partial charge in [0.15, 0.2) is 5.13 Å². The van der Waals surface area contributed by atoms with Gasteiger partial charge in [0.05, 0.1) is 11.5 Å². The lowest BCUT2D eigenvalue weighted by atomic mass is 9.90. The van der Waals surface area contributed by atoms with Gasteiger partial charge >= 0.3 is 0 Å². The molecule has 1 saturated heterocycles. The van der Waals surface area contributed by atoms with E-state index < -0.39 is 6.04 Å². The zero-order valence-corrected chi connectivity index (χ0v) is 17.8. The number of aliphatic hydroxyl groups is 1. The first-order valence-corrected chi connectivity index (χ1v) is 11.1. The van der Waals surface area contributed by atoms with E-state index in [4.69, 9.17) is 5.11 Å². The van der Waals surface area contributed by atoms with Crippen LogP contribution in [0.1, 0.15) is 24.3 Å². The number of anilines is 2. The predicted molar refractivity (Wildman–Crippen MR) is 120 cm³/mol. The molecule has 1 aliphatic heterocycles. The highest BCUT2D eigenvalue weighted by atomic mass is 32.1. The Bertz CT molecular complexity index is 1010. The second kappa shape index (κ2) is 10.0. The van der Waals surface area contributed by atoms with E-state index >= 15 is 0 Å². The van der Waals surface area contributed by atoms with Crippen LogP contribution in [0.25, 0.3) is 10.4 Å². The average Bonchev–Trinajstić information content (AvgIpc) is 3.27. The Labute approximate surface area is 184 Å². The molecule has 0 aliphatic carbocycles. The summed E-state index contributed by atoms with van der Waals surface area (Å²) in [6, 6.07) is 9.92. The highest BCUT2D eigenvalue weighted by Gasteiger charge is 2.23. The minimum atomic E-state index is -0.550. The summed E-state index contributed by atoms with van der Waals surface area (Å²) in [6.45, 7) is 2.04. The van der Waals surface area contributed by atoms with Crippen LogP contribution in [0.5, 0.6) is 0 Å². The van der Waals surface area contributed by atoms with Crippen LogP contribution in [0.15, 0.2) is 54.0 Å². The quantitative estimate of drug-likeness (QED) is 0.504. The number of pyridine rings is 1. The molecule has 1 aromatic carbocycles. The van der Waals surface area contributed by atoms with E-state index in [1.165, 1.54) is 29.0 Å². The number of thiazole rings is 1. The third-order valence-electron chi connectivity index (χ3n) is 5.54. The van der Waals surface area contributed by atoms with Crippen molar-refractivity contribution in [1.29, 1.82) is 0 Å². The largest absolute Gasteiger partial charge is 0.394 e. The number of nitrogens with zero attached hydrogens (tertiary/aromatic N) is 4. The number of halogens is 1. The number of likely N-dealkylation sites (tertiary alicyclic amines) is 1. The maximum atomic E-state index is 13.1. The number of nitroso groups, excluding NO2 is 1. The van der Waals surface area contributed by atoms with Crippen molar-refractivity contribution in [3.63, 3.8) is 0 Å². The van der Waals surface area contributed by atoms with E-state index in [1.807, 2.05) is 6.07 Å². The van der Waals surface area contributed by atoms with Gasteiger partial charge in [0, 0.05) is 18.9 Å². The summed E-state index contributed by atoms with van der Waals surface area (Å²) >= 11 is 1.49. The molecule has 31 heavy (non-hydrogen) atoms. The standard InChI is InChI=1S/C22H24FN5O2S/c23-18-3-1-16(2-4-18)20-12-25-22(31-20)26-21-11-17(5-8-24-21)15-6-9-28(10-7-15)13-19(14-29)27-30/h1-5,8,11-12,15,19,29H,6-7,9-10,13-14H2,(H,24,25,26)/t19-/m0/s1. The number of aliphatic hydroxyl groups excluding tert-OH is 1. The Hall–Kier alpha value is -2.75. The molecule has 0 unspecified atom stereocenters. The molecule has 3 aromatic rings. The average molecular weight is 442 g/mol. The summed E-state index contributed by atoms with van der Waals surface area (Å²) in [5, 5.41) is 16.1. The molecule has 3 heterocycles. The van der Waals surface area contributed by atoms with Crippen LogP contribution in [-0.2, 0) is 0 Å². The predicted octanol–water partition coefficient (Wildman–Crippen LogP) is 4.39. The Morgan fingerprint density at radius 2 is 2.00 bits per heavy atom. The summed E-state index contributed by atoms with van der Waals surface area (Å²) in [5.41, 5.74) is 2.15. The molecular formula is C22H24FN5O2S. The van der Waals surface area contributed by atoms with Crippen LogP contribution in [0.2, 0.25) is 0 Å². The minimum absolute atomic E-state index is 0.206. The Morgan fingerprint density at radius 3 is 2.71 bits per heavy atom. The van der Waals surface area contributed by atoms with Gasteiger partial charge in [0.2, 0.25) is 0 Å². The van der Waals surface area contributed by atoms with Crippen molar-refractivity contribution in [2.75, 3.05) is 31.6 Å². The van der Waals surface area contributed by atoms with Crippen LogP contribution in [-0.4, -0.2) is 52.3 Å². The fraction of sp³-hybridized carbons (Fsp3) is 0.364. The lowest BCUT2D eigenvalue weighted by Gasteiger charge is -2.32. The first-order valence-electron chi connectivity index (χ1n) is 10.2. The molecule has 162 valence electrons. The SMILES string of the molecule is O=N[C@H](CO)CN1CCC(c2ccnc(Nc3ncc(-c4ccc(F)cc4)s3)c2)CC1. The molecular weight excluding hydrogens is 417 g/mol. The van der Waals surface area contributed by atoms with Crippen molar-refractivity contribution in [3.8, 4) is 10.4 Å². The summed E-state index contributed by atoms with van der Waals surface area (Å²) < 4.78 is 13.1. The second-order valence-electron chi connectivity index (χ2n) is 7.65. The third-order valence-corrected chi connectivity index (χ3v) is 6.50. The molecule has 0 saturated carbocycles. The van der Waals surface area contributed by atoms with E-state index in [2.05, 4.69) is 31.4 Å². The van der Waals surface area contributed by atoms with Gasteiger partial charge in [0.25, 0.3) is 0 Å². The molecule has 2 aromatic heterocycles. The van der Waals surface area contributed by atoms with E-state index in [0.717, 1.165) is 47.3 Å². The molecule has 0 bridgehead atoms. The molecule has 4 rings (SSSR count). The normalized spacial score (nSPS) is 16.2. The van der Waals surface area contributed by atoms with Crippen molar-refractivity contribution >= 4 is 22.3 Å². The third kappa shape index (κ3) is 5.49.